The van der Waals surface area contributed by atoms with Gasteiger partial charge >= 0.3 is 0 Å². The van der Waals surface area contributed by atoms with Crippen LogP contribution in [0.15, 0.2) is 35.7 Å². The molecule has 1 aromatic heterocycles. The van der Waals surface area contributed by atoms with E-state index in [9.17, 15) is 14.0 Å². The van der Waals surface area contributed by atoms with Gasteiger partial charge in [-0.15, -0.1) is 11.3 Å². The Bertz CT molecular complexity index is 718. The van der Waals surface area contributed by atoms with Crippen LogP contribution in [0.4, 0.5) is 4.39 Å². The predicted molar refractivity (Wildman–Crippen MR) is 87.3 cm³/mol. The van der Waals surface area contributed by atoms with Crippen molar-refractivity contribution in [2.45, 2.75) is 6.92 Å². The van der Waals surface area contributed by atoms with Crippen molar-refractivity contribution in [3.8, 4) is 0 Å². The average molecular weight is 332 g/mol. The van der Waals surface area contributed by atoms with Crippen LogP contribution in [0, 0.1) is 12.7 Å². The Morgan fingerprint density at radius 3 is 2.04 bits per heavy atom. The molecule has 0 N–H and O–H groups in total. The highest BCUT2D eigenvalue weighted by atomic mass is 32.1. The topological polar surface area (TPSA) is 40.6 Å². The summed E-state index contributed by atoms with van der Waals surface area (Å²) in [6.07, 6.45) is 0. The van der Waals surface area contributed by atoms with Crippen molar-refractivity contribution >= 4 is 23.2 Å². The standard InChI is InChI=1S/C17H17FN2O2S/c1-12-6-11-23-15(12)17(22)20-9-7-19(8-10-20)16(21)13-2-4-14(18)5-3-13/h2-6,11H,7-10H2,1H3. The molecular weight excluding hydrogens is 315 g/mol. The van der Waals surface area contributed by atoms with Gasteiger partial charge < -0.3 is 9.80 Å². The molecule has 2 aromatic rings. The Morgan fingerprint density at radius 2 is 1.52 bits per heavy atom. The number of rotatable bonds is 2. The zero-order valence-corrected chi connectivity index (χ0v) is 13.6. The number of piperazine rings is 1. The van der Waals surface area contributed by atoms with E-state index in [1.54, 1.807) is 9.80 Å². The maximum absolute atomic E-state index is 12.9. The summed E-state index contributed by atoms with van der Waals surface area (Å²) in [6.45, 7) is 3.95. The van der Waals surface area contributed by atoms with E-state index in [-0.39, 0.29) is 17.6 Å². The molecule has 0 aliphatic carbocycles. The highest BCUT2D eigenvalue weighted by molar-refractivity contribution is 7.12. The molecule has 0 unspecified atom stereocenters. The van der Waals surface area contributed by atoms with Crippen molar-refractivity contribution in [1.29, 1.82) is 0 Å². The first-order valence-electron chi connectivity index (χ1n) is 7.44. The molecule has 1 aliphatic rings. The first kappa shape index (κ1) is 15.7. The summed E-state index contributed by atoms with van der Waals surface area (Å²) in [6, 6.07) is 7.49. The van der Waals surface area contributed by atoms with Crippen molar-refractivity contribution in [2.75, 3.05) is 26.2 Å². The lowest BCUT2D eigenvalue weighted by Gasteiger charge is -2.34. The van der Waals surface area contributed by atoms with E-state index >= 15 is 0 Å². The molecule has 23 heavy (non-hydrogen) atoms. The zero-order valence-electron chi connectivity index (χ0n) is 12.8. The largest absolute Gasteiger partial charge is 0.335 e. The van der Waals surface area contributed by atoms with Crippen molar-refractivity contribution in [1.82, 2.24) is 9.80 Å². The number of aryl methyl sites for hydroxylation is 1. The monoisotopic (exact) mass is 332 g/mol. The van der Waals surface area contributed by atoms with Gasteiger partial charge in [0.25, 0.3) is 11.8 Å². The minimum Gasteiger partial charge on any atom is -0.335 e. The van der Waals surface area contributed by atoms with E-state index in [1.165, 1.54) is 35.6 Å². The molecule has 2 amide bonds. The van der Waals surface area contributed by atoms with Crippen LogP contribution in [0.25, 0.3) is 0 Å². The Morgan fingerprint density at radius 1 is 0.957 bits per heavy atom. The van der Waals surface area contributed by atoms with Crippen LogP contribution in [-0.2, 0) is 0 Å². The molecule has 1 aliphatic heterocycles. The summed E-state index contributed by atoms with van der Waals surface area (Å²) in [5.74, 6) is -0.445. The molecular formula is C17H17FN2O2S. The first-order valence-corrected chi connectivity index (χ1v) is 8.32. The van der Waals surface area contributed by atoms with Crippen molar-refractivity contribution in [2.24, 2.45) is 0 Å². The summed E-state index contributed by atoms with van der Waals surface area (Å²) in [5.41, 5.74) is 1.46. The lowest BCUT2D eigenvalue weighted by atomic mass is 10.1. The van der Waals surface area contributed by atoms with Gasteiger partial charge in [-0.2, -0.15) is 0 Å². The molecule has 1 aromatic carbocycles. The quantitative estimate of drug-likeness (QED) is 0.848. The summed E-state index contributed by atoms with van der Waals surface area (Å²) < 4.78 is 12.9. The third kappa shape index (κ3) is 3.27. The van der Waals surface area contributed by atoms with Gasteiger partial charge in [-0.25, -0.2) is 4.39 Å². The van der Waals surface area contributed by atoms with Gasteiger partial charge in [0.05, 0.1) is 4.88 Å². The third-order valence-electron chi connectivity index (χ3n) is 4.00. The SMILES string of the molecule is Cc1ccsc1C(=O)N1CCN(C(=O)c2ccc(F)cc2)CC1. The summed E-state index contributed by atoms with van der Waals surface area (Å²) in [4.78, 5) is 29.1. The molecule has 0 bridgehead atoms. The smallest absolute Gasteiger partial charge is 0.264 e. The normalized spacial score (nSPS) is 14.9. The maximum Gasteiger partial charge on any atom is 0.264 e. The molecule has 1 fully saturated rings. The second-order valence-corrected chi connectivity index (χ2v) is 6.44. The average Bonchev–Trinajstić information content (AvgIpc) is 3.00. The van der Waals surface area contributed by atoms with Gasteiger partial charge in [0.15, 0.2) is 0 Å². The first-order chi connectivity index (χ1) is 11.1. The predicted octanol–water partition coefficient (Wildman–Crippen LogP) is 2.79. The number of carbonyl (C=O) groups is 2. The van der Waals surface area contributed by atoms with E-state index in [1.807, 2.05) is 18.4 Å². The fourth-order valence-corrected chi connectivity index (χ4v) is 3.52. The van der Waals surface area contributed by atoms with Crippen LogP contribution in [0.5, 0.6) is 0 Å². The van der Waals surface area contributed by atoms with Gasteiger partial charge in [-0.05, 0) is 48.2 Å². The molecule has 0 saturated carbocycles. The number of nitrogens with zero attached hydrogens (tertiary/aromatic N) is 2. The molecule has 2 heterocycles. The van der Waals surface area contributed by atoms with Crippen molar-refractivity contribution in [3.63, 3.8) is 0 Å². The molecule has 0 spiro atoms. The van der Waals surface area contributed by atoms with E-state index in [0.29, 0.717) is 31.7 Å². The molecule has 4 nitrogen and oxygen atoms in total. The maximum atomic E-state index is 12.9. The zero-order chi connectivity index (χ0) is 16.4. The van der Waals surface area contributed by atoms with Crippen molar-refractivity contribution < 1.29 is 14.0 Å². The van der Waals surface area contributed by atoms with Crippen LogP contribution < -0.4 is 0 Å². The fraction of sp³-hybridized carbons (Fsp3) is 0.294. The number of thiophene rings is 1. The Balaban J connectivity index is 1.62. The van der Waals surface area contributed by atoms with Gasteiger partial charge in [0, 0.05) is 31.7 Å². The Labute approximate surface area is 138 Å². The summed E-state index contributed by atoms with van der Waals surface area (Å²) in [5, 5.41) is 1.91. The number of hydrogen-bond acceptors (Lipinski definition) is 3. The van der Waals surface area contributed by atoms with E-state index < -0.39 is 0 Å². The van der Waals surface area contributed by atoms with Gasteiger partial charge in [-0.3, -0.25) is 9.59 Å². The third-order valence-corrected chi connectivity index (χ3v) is 5.01. The van der Waals surface area contributed by atoms with Crippen LogP contribution in [0.2, 0.25) is 0 Å². The Kier molecular flexibility index (Phi) is 4.43. The number of benzene rings is 1. The van der Waals surface area contributed by atoms with E-state index in [4.69, 9.17) is 0 Å². The second kappa shape index (κ2) is 6.50. The molecule has 0 atom stereocenters. The number of halogens is 1. The molecule has 6 heteroatoms. The molecule has 1 saturated heterocycles. The minimum absolute atomic E-state index is 0.0337. The summed E-state index contributed by atoms with van der Waals surface area (Å²) in [7, 11) is 0. The molecule has 120 valence electrons. The second-order valence-electron chi connectivity index (χ2n) is 5.52. The van der Waals surface area contributed by atoms with Crippen LogP contribution >= 0.6 is 11.3 Å². The van der Waals surface area contributed by atoms with Gasteiger partial charge in [0.1, 0.15) is 5.82 Å². The highest BCUT2D eigenvalue weighted by Gasteiger charge is 2.26. The number of hydrogen-bond donors (Lipinski definition) is 0. The summed E-state index contributed by atoms with van der Waals surface area (Å²) >= 11 is 1.45. The van der Waals surface area contributed by atoms with Crippen LogP contribution in [0.3, 0.4) is 0 Å². The van der Waals surface area contributed by atoms with Gasteiger partial charge in [-0.1, -0.05) is 0 Å². The number of carbonyl (C=O) groups excluding carboxylic acids is 2. The number of amides is 2. The Hall–Kier alpha value is -2.21. The van der Waals surface area contributed by atoms with E-state index in [2.05, 4.69) is 0 Å². The fourth-order valence-electron chi connectivity index (χ4n) is 2.62. The van der Waals surface area contributed by atoms with Crippen LogP contribution in [0.1, 0.15) is 25.6 Å². The highest BCUT2D eigenvalue weighted by Crippen LogP contribution is 2.19. The lowest BCUT2D eigenvalue weighted by molar-refractivity contribution is 0.0537. The molecule has 0 radical (unpaired) electrons. The van der Waals surface area contributed by atoms with Crippen LogP contribution in [-0.4, -0.2) is 47.8 Å². The van der Waals surface area contributed by atoms with Gasteiger partial charge in [0.2, 0.25) is 0 Å². The van der Waals surface area contributed by atoms with Crippen molar-refractivity contribution in [3.05, 3.63) is 57.5 Å². The van der Waals surface area contributed by atoms with E-state index in [0.717, 1.165) is 10.4 Å². The lowest BCUT2D eigenvalue weighted by Crippen LogP contribution is -2.50. The molecule has 3 rings (SSSR count). The minimum atomic E-state index is -0.358.